The van der Waals surface area contributed by atoms with Gasteiger partial charge in [0, 0.05) is 4.90 Å². The normalized spacial score (nSPS) is 20.2. The van der Waals surface area contributed by atoms with Crippen LogP contribution in [0, 0.1) is 6.92 Å². The third kappa shape index (κ3) is 2.37. The van der Waals surface area contributed by atoms with Crippen LogP contribution in [0.2, 0.25) is 0 Å². The summed E-state index contributed by atoms with van der Waals surface area (Å²) >= 11 is 12.9. The third-order valence-electron chi connectivity index (χ3n) is 2.04. The van der Waals surface area contributed by atoms with Crippen molar-refractivity contribution in [2.24, 2.45) is 0 Å². The summed E-state index contributed by atoms with van der Waals surface area (Å²) in [5.74, 6) is -0.559. The van der Waals surface area contributed by atoms with Crippen LogP contribution >= 0.6 is 35.0 Å². The predicted octanol–water partition coefficient (Wildman–Crippen LogP) is 3.66. The van der Waals surface area contributed by atoms with Gasteiger partial charge in [0.15, 0.2) is 5.44 Å². The lowest BCUT2D eigenvalue weighted by atomic mass is 10.2. The van der Waals surface area contributed by atoms with E-state index in [1.165, 1.54) is 11.8 Å². The number of cyclic esters (lactones) is 1. The van der Waals surface area contributed by atoms with Gasteiger partial charge in [-0.1, -0.05) is 52.7 Å². The minimum atomic E-state index is -0.559. The Hall–Kier alpha value is -0.640. The Balaban J connectivity index is 2.16. The molecule has 2 nitrogen and oxygen atoms in total. The van der Waals surface area contributed by atoms with Gasteiger partial charge in [0.2, 0.25) is 0 Å². The fourth-order valence-electron chi connectivity index (χ4n) is 1.29. The molecule has 1 aliphatic rings. The van der Waals surface area contributed by atoms with E-state index in [1.807, 2.05) is 31.2 Å². The summed E-state index contributed by atoms with van der Waals surface area (Å²) in [6.45, 7) is 2.00. The van der Waals surface area contributed by atoms with E-state index in [2.05, 4.69) is 0 Å². The summed E-state index contributed by atoms with van der Waals surface area (Å²) < 4.78 is 5.02. The maximum Gasteiger partial charge on any atom is 0.352 e. The third-order valence-corrected chi connectivity index (χ3v) is 4.09. The first kappa shape index (κ1) is 11.8. The van der Waals surface area contributed by atoms with Crippen LogP contribution in [0.4, 0.5) is 0 Å². The molecule has 0 amide bonds. The average molecular weight is 275 g/mol. The number of halogens is 2. The molecule has 0 fully saturated rings. The van der Waals surface area contributed by atoms with E-state index in [1.54, 1.807) is 0 Å². The number of ether oxygens (including phenoxy) is 1. The predicted molar refractivity (Wildman–Crippen MR) is 65.6 cm³/mol. The first-order valence-electron chi connectivity index (χ1n) is 4.57. The van der Waals surface area contributed by atoms with E-state index in [-0.39, 0.29) is 10.1 Å². The Morgan fingerprint density at radius 2 is 2.12 bits per heavy atom. The van der Waals surface area contributed by atoms with Crippen LogP contribution in [0.15, 0.2) is 39.2 Å². The highest BCUT2D eigenvalue weighted by atomic mass is 35.5. The molecular weight excluding hydrogens is 267 g/mol. The second-order valence-corrected chi connectivity index (χ2v) is 5.25. The van der Waals surface area contributed by atoms with Gasteiger partial charge in [-0.15, -0.1) is 0 Å². The van der Waals surface area contributed by atoms with Crippen molar-refractivity contribution >= 4 is 40.9 Å². The lowest BCUT2D eigenvalue weighted by molar-refractivity contribution is -0.136. The van der Waals surface area contributed by atoms with E-state index in [4.69, 9.17) is 27.9 Å². The first-order valence-corrected chi connectivity index (χ1v) is 6.21. The van der Waals surface area contributed by atoms with Crippen molar-refractivity contribution in [2.75, 3.05) is 0 Å². The topological polar surface area (TPSA) is 26.3 Å². The molecule has 0 radical (unpaired) electrons. The maximum absolute atomic E-state index is 11.1. The van der Waals surface area contributed by atoms with Gasteiger partial charge in [0.1, 0.15) is 5.03 Å². The lowest BCUT2D eigenvalue weighted by Gasteiger charge is -2.09. The van der Waals surface area contributed by atoms with E-state index in [0.29, 0.717) is 0 Å². The summed E-state index contributed by atoms with van der Waals surface area (Å²) in [6.07, 6.45) is 0. The van der Waals surface area contributed by atoms with Gasteiger partial charge >= 0.3 is 5.97 Å². The Morgan fingerprint density at radius 1 is 1.38 bits per heavy atom. The van der Waals surface area contributed by atoms with Crippen LogP contribution in [0.3, 0.4) is 0 Å². The van der Waals surface area contributed by atoms with Crippen LogP contribution in [0.1, 0.15) is 5.56 Å². The van der Waals surface area contributed by atoms with Gasteiger partial charge in [0.25, 0.3) is 0 Å². The van der Waals surface area contributed by atoms with Gasteiger partial charge in [0.05, 0.1) is 5.03 Å². The Morgan fingerprint density at radius 3 is 2.69 bits per heavy atom. The monoisotopic (exact) mass is 274 g/mol. The number of carbonyl (C=O) groups is 1. The van der Waals surface area contributed by atoms with Crippen LogP contribution in [-0.2, 0) is 9.53 Å². The molecule has 84 valence electrons. The number of hydrogen-bond donors (Lipinski definition) is 0. The second-order valence-electron chi connectivity index (χ2n) is 3.33. The summed E-state index contributed by atoms with van der Waals surface area (Å²) in [5, 5.41) is 0.241. The van der Waals surface area contributed by atoms with Crippen molar-refractivity contribution in [3.05, 3.63) is 39.9 Å². The summed E-state index contributed by atoms with van der Waals surface area (Å²) in [5.41, 5.74) is 0.615. The van der Waals surface area contributed by atoms with Crippen molar-refractivity contribution in [2.45, 2.75) is 17.3 Å². The van der Waals surface area contributed by atoms with Gasteiger partial charge in [-0.05, 0) is 19.1 Å². The molecule has 0 spiro atoms. The van der Waals surface area contributed by atoms with E-state index in [0.717, 1.165) is 10.5 Å². The fourth-order valence-corrected chi connectivity index (χ4v) is 2.77. The Labute approximate surface area is 108 Å². The standard InChI is InChI=1S/C11H8Cl2O2S/c1-6-3-2-4-7(5-6)16-11-9(13)8(12)10(14)15-11/h2-5,11H,1H3. The summed E-state index contributed by atoms with van der Waals surface area (Å²) in [7, 11) is 0. The molecule has 0 saturated heterocycles. The highest BCUT2D eigenvalue weighted by Gasteiger charge is 2.32. The molecule has 5 heteroatoms. The minimum absolute atomic E-state index is 0.0215. The number of benzene rings is 1. The van der Waals surface area contributed by atoms with Gasteiger partial charge in [-0.25, -0.2) is 4.79 Å². The van der Waals surface area contributed by atoms with E-state index >= 15 is 0 Å². The zero-order valence-electron chi connectivity index (χ0n) is 8.37. The van der Waals surface area contributed by atoms with Crippen molar-refractivity contribution in [1.82, 2.24) is 0 Å². The van der Waals surface area contributed by atoms with Crippen molar-refractivity contribution in [3.63, 3.8) is 0 Å². The summed E-state index contributed by atoms with van der Waals surface area (Å²) in [6, 6.07) is 7.86. The average Bonchev–Trinajstić information content (AvgIpc) is 2.47. The zero-order valence-corrected chi connectivity index (χ0v) is 10.7. The fraction of sp³-hybridized carbons (Fsp3) is 0.182. The van der Waals surface area contributed by atoms with Gasteiger partial charge < -0.3 is 4.74 Å². The number of hydrogen-bond acceptors (Lipinski definition) is 3. The molecule has 0 aliphatic carbocycles. The van der Waals surface area contributed by atoms with Gasteiger partial charge in [-0.2, -0.15) is 0 Å². The van der Waals surface area contributed by atoms with Crippen LogP contribution in [-0.4, -0.2) is 11.4 Å². The van der Waals surface area contributed by atoms with Crippen LogP contribution in [0.5, 0.6) is 0 Å². The summed E-state index contributed by atoms with van der Waals surface area (Å²) in [4.78, 5) is 12.1. The molecule has 0 saturated carbocycles. The van der Waals surface area contributed by atoms with Crippen LogP contribution < -0.4 is 0 Å². The van der Waals surface area contributed by atoms with Crippen LogP contribution in [0.25, 0.3) is 0 Å². The second kappa shape index (κ2) is 4.70. The molecule has 0 N–H and O–H groups in total. The number of esters is 1. The Bertz CT molecular complexity index is 471. The van der Waals surface area contributed by atoms with Crippen molar-refractivity contribution < 1.29 is 9.53 Å². The molecule has 1 aliphatic heterocycles. The molecular formula is C11H8Cl2O2S. The lowest BCUT2D eigenvalue weighted by Crippen LogP contribution is -2.04. The maximum atomic E-state index is 11.1. The van der Waals surface area contributed by atoms with Crippen molar-refractivity contribution in [1.29, 1.82) is 0 Å². The quantitative estimate of drug-likeness (QED) is 0.770. The molecule has 1 unspecified atom stereocenters. The van der Waals surface area contributed by atoms with Crippen molar-refractivity contribution in [3.8, 4) is 0 Å². The number of carbonyl (C=O) groups excluding carboxylic acids is 1. The highest BCUT2D eigenvalue weighted by Crippen LogP contribution is 2.38. The van der Waals surface area contributed by atoms with E-state index in [9.17, 15) is 4.79 Å². The molecule has 1 atom stereocenters. The molecule has 1 aromatic rings. The molecule has 1 aromatic carbocycles. The number of aryl methyl sites for hydroxylation is 1. The smallest absolute Gasteiger partial charge is 0.352 e. The SMILES string of the molecule is Cc1cccc(SC2OC(=O)C(Cl)=C2Cl)c1. The number of thioether (sulfide) groups is 1. The largest absolute Gasteiger partial charge is 0.441 e. The van der Waals surface area contributed by atoms with E-state index < -0.39 is 11.4 Å². The molecule has 1 heterocycles. The highest BCUT2D eigenvalue weighted by molar-refractivity contribution is 8.00. The number of rotatable bonds is 2. The first-order chi connectivity index (χ1) is 7.58. The Kier molecular flexibility index (Phi) is 3.47. The molecule has 0 aromatic heterocycles. The zero-order chi connectivity index (χ0) is 11.7. The molecule has 16 heavy (non-hydrogen) atoms. The molecule has 0 bridgehead atoms. The molecule has 2 rings (SSSR count). The minimum Gasteiger partial charge on any atom is -0.441 e. The van der Waals surface area contributed by atoms with Gasteiger partial charge in [-0.3, -0.25) is 0 Å².